The Labute approximate surface area is 119 Å². The number of methoxy groups -OCH3 is 1. The average Bonchev–Trinajstić information content (AvgIpc) is 2.53. The van der Waals surface area contributed by atoms with Crippen molar-refractivity contribution < 1.29 is 4.74 Å². The topological polar surface area (TPSA) is 9.23 Å². The van der Waals surface area contributed by atoms with Crippen molar-refractivity contribution in [2.75, 3.05) is 7.11 Å². The number of benzene rings is 2. The maximum absolute atomic E-state index is 5.35. The molecule has 0 saturated carbocycles. The van der Waals surface area contributed by atoms with E-state index in [1.54, 1.807) is 7.11 Å². The summed E-state index contributed by atoms with van der Waals surface area (Å²) in [4.78, 5) is 0. The minimum atomic E-state index is 0.584. The predicted molar refractivity (Wildman–Crippen MR) is 82.2 cm³/mol. The van der Waals surface area contributed by atoms with Crippen LogP contribution in [0, 0.1) is 0 Å². The van der Waals surface area contributed by atoms with Crippen LogP contribution in [-0.4, -0.2) is 7.11 Å². The molecule has 0 bridgehead atoms. The van der Waals surface area contributed by atoms with Crippen molar-refractivity contribution in [1.82, 2.24) is 0 Å². The molecule has 4 rings (SSSR count). The lowest BCUT2D eigenvalue weighted by Gasteiger charge is -2.33. The van der Waals surface area contributed by atoms with Crippen LogP contribution in [0.15, 0.2) is 48.5 Å². The molecule has 1 unspecified atom stereocenters. The normalized spacial score (nSPS) is 19.4. The van der Waals surface area contributed by atoms with E-state index in [0.717, 1.165) is 18.6 Å². The molecule has 0 saturated heterocycles. The zero-order valence-corrected chi connectivity index (χ0v) is 11.7. The first-order valence-corrected chi connectivity index (χ1v) is 7.32. The maximum atomic E-state index is 5.35. The molecule has 0 aromatic heterocycles. The largest absolute Gasteiger partial charge is 0.497 e. The molecule has 0 amide bonds. The monoisotopic (exact) mass is 262 g/mol. The van der Waals surface area contributed by atoms with Gasteiger partial charge < -0.3 is 4.74 Å². The quantitative estimate of drug-likeness (QED) is 0.741. The molecule has 2 aliphatic rings. The van der Waals surface area contributed by atoms with Gasteiger partial charge in [0, 0.05) is 5.92 Å². The average molecular weight is 262 g/mol. The summed E-state index contributed by atoms with van der Waals surface area (Å²) in [7, 11) is 1.74. The number of hydrogen-bond acceptors (Lipinski definition) is 1. The van der Waals surface area contributed by atoms with Crippen LogP contribution in [0.1, 0.15) is 34.6 Å². The van der Waals surface area contributed by atoms with Crippen molar-refractivity contribution >= 4 is 5.57 Å². The Kier molecular flexibility index (Phi) is 2.66. The van der Waals surface area contributed by atoms with E-state index in [4.69, 9.17) is 4.74 Å². The van der Waals surface area contributed by atoms with Crippen molar-refractivity contribution in [2.45, 2.75) is 25.2 Å². The highest BCUT2D eigenvalue weighted by Crippen LogP contribution is 2.46. The van der Waals surface area contributed by atoms with E-state index in [0.29, 0.717) is 5.92 Å². The Morgan fingerprint density at radius 1 is 1.05 bits per heavy atom. The predicted octanol–water partition coefficient (Wildman–Crippen LogP) is 4.36. The molecule has 1 heteroatoms. The fourth-order valence-electron chi connectivity index (χ4n) is 3.68. The van der Waals surface area contributed by atoms with Gasteiger partial charge in [0.25, 0.3) is 0 Å². The molecule has 0 aliphatic heterocycles. The van der Waals surface area contributed by atoms with Gasteiger partial charge in [-0.2, -0.15) is 0 Å². The van der Waals surface area contributed by atoms with E-state index in [9.17, 15) is 0 Å². The van der Waals surface area contributed by atoms with Gasteiger partial charge in [-0.15, -0.1) is 0 Å². The summed E-state index contributed by atoms with van der Waals surface area (Å²) in [6.45, 7) is 0. The fraction of sp³-hybridized carbons (Fsp3) is 0.263. The Hall–Kier alpha value is -2.02. The third-order valence-electron chi connectivity index (χ3n) is 4.67. The second-order valence-electron chi connectivity index (χ2n) is 5.68. The van der Waals surface area contributed by atoms with Crippen LogP contribution in [-0.2, 0) is 12.8 Å². The maximum Gasteiger partial charge on any atom is 0.119 e. The van der Waals surface area contributed by atoms with E-state index in [2.05, 4.69) is 48.5 Å². The molecule has 100 valence electrons. The molecule has 1 nitrogen and oxygen atoms in total. The van der Waals surface area contributed by atoms with Crippen LogP contribution in [0.2, 0.25) is 0 Å². The van der Waals surface area contributed by atoms with Crippen LogP contribution in [0.5, 0.6) is 5.75 Å². The highest BCUT2D eigenvalue weighted by atomic mass is 16.5. The second-order valence-corrected chi connectivity index (χ2v) is 5.68. The van der Waals surface area contributed by atoms with Crippen molar-refractivity contribution in [3.63, 3.8) is 0 Å². The van der Waals surface area contributed by atoms with Gasteiger partial charge in [-0.3, -0.25) is 0 Å². The Morgan fingerprint density at radius 2 is 1.95 bits per heavy atom. The number of rotatable bonds is 1. The Balaban J connectivity index is 1.82. The zero-order chi connectivity index (χ0) is 13.5. The lowest BCUT2D eigenvalue weighted by atomic mass is 9.72. The summed E-state index contributed by atoms with van der Waals surface area (Å²) in [5, 5.41) is 0. The lowest BCUT2D eigenvalue weighted by Crippen LogP contribution is -2.16. The summed E-state index contributed by atoms with van der Waals surface area (Å²) >= 11 is 0. The molecule has 2 aromatic rings. The number of hydrogen-bond donors (Lipinski definition) is 0. The smallest absolute Gasteiger partial charge is 0.119 e. The lowest BCUT2D eigenvalue weighted by molar-refractivity contribution is 0.414. The van der Waals surface area contributed by atoms with E-state index in [1.807, 2.05) is 0 Å². The van der Waals surface area contributed by atoms with Gasteiger partial charge in [-0.1, -0.05) is 36.4 Å². The molecule has 0 heterocycles. The van der Waals surface area contributed by atoms with Crippen LogP contribution < -0.4 is 4.74 Å². The van der Waals surface area contributed by atoms with Crippen LogP contribution >= 0.6 is 0 Å². The van der Waals surface area contributed by atoms with E-state index in [-0.39, 0.29) is 0 Å². The molecule has 1 atom stereocenters. The third-order valence-corrected chi connectivity index (χ3v) is 4.67. The Bertz CT molecular complexity index is 697. The van der Waals surface area contributed by atoms with Crippen molar-refractivity contribution in [1.29, 1.82) is 0 Å². The molecule has 2 aromatic carbocycles. The molecule has 2 aliphatic carbocycles. The van der Waals surface area contributed by atoms with E-state index >= 15 is 0 Å². The molecular formula is C19H18O. The van der Waals surface area contributed by atoms with Crippen molar-refractivity contribution in [3.8, 4) is 5.75 Å². The minimum absolute atomic E-state index is 0.584. The Morgan fingerprint density at radius 3 is 2.85 bits per heavy atom. The van der Waals surface area contributed by atoms with Gasteiger partial charge >= 0.3 is 0 Å². The van der Waals surface area contributed by atoms with Crippen molar-refractivity contribution in [3.05, 3.63) is 70.8 Å². The first-order chi connectivity index (χ1) is 9.86. The van der Waals surface area contributed by atoms with Gasteiger partial charge in [-0.25, -0.2) is 0 Å². The minimum Gasteiger partial charge on any atom is -0.497 e. The highest BCUT2D eigenvalue weighted by molar-refractivity contribution is 5.78. The van der Waals surface area contributed by atoms with Gasteiger partial charge in [0.1, 0.15) is 5.75 Å². The SMILES string of the molecule is COc1ccc2c(c1)CCC1C2=CCc2ccccc21. The number of aryl methyl sites for hydroxylation is 1. The summed E-state index contributed by atoms with van der Waals surface area (Å²) in [6, 6.07) is 15.4. The number of ether oxygens (including phenoxy) is 1. The fourth-order valence-corrected chi connectivity index (χ4v) is 3.68. The molecule has 0 radical (unpaired) electrons. The first-order valence-electron chi connectivity index (χ1n) is 7.32. The molecule has 0 fully saturated rings. The summed E-state index contributed by atoms with van der Waals surface area (Å²) in [5.41, 5.74) is 7.42. The van der Waals surface area contributed by atoms with E-state index < -0.39 is 0 Å². The zero-order valence-electron chi connectivity index (χ0n) is 11.7. The van der Waals surface area contributed by atoms with E-state index in [1.165, 1.54) is 34.2 Å². The third kappa shape index (κ3) is 1.70. The van der Waals surface area contributed by atoms with Gasteiger partial charge in [0.15, 0.2) is 0 Å². The summed E-state index contributed by atoms with van der Waals surface area (Å²) < 4.78 is 5.35. The van der Waals surface area contributed by atoms with Gasteiger partial charge in [-0.05, 0) is 59.2 Å². The van der Waals surface area contributed by atoms with Crippen LogP contribution in [0.25, 0.3) is 5.57 Å². The molecule has 0 N–H and O–H groups in total. The van der Waals surface area contributed by atoms with Gasteiger partial charge in [0.2, 0.25) is 0 Å². The number of fused-ring (bicyclic) bond motifs is 5. The first kappa shape index (κ1) is 11.8. The van der Waals surface area contributed by atoms with Crippen LogP contribution in [0.3, 0.4) is 0 Å². The van der Waals surface area contributed by atoms with Crippen LogP contribution in [0.4, 0.5) is 0 Å². The number of allylic oxidation sites excluding steroid dienone is 2. The summed E-state index contributed by atoms with van der Waals surface area (Å²) in [5.74, 6) is 1.56. The molecule has 0 spiro atoms. The summed E-state index contributed by atoms with van der Waals surface area (Å²) in [6.07, 6.45) is 5.84. The van der Waals surface area contributed by atoms with Gasteiger partial charge in [0.05, 0.1) is 7.11 Å². The highest BCUT2D eigenvalue weighted by Gasteiger charge is 2.28. The molecular weight excluding hydrogens is 244 g/mol. The second kappa shape index (κ2) is 4.52. The van der Waals surface area contributed by atoms with Crippen molar-refractivity contribution in [2.24, 2.45) is 0 Å². The molecule has 20 heavy (non-hydrogen) atoms. The standard InChI is InChI=1S/C19H18O/c1-20-15-8-11-17-14(12-15)7-10-18-16-5-3-2-4-13(16)6-9-19(17)18/h2-5,8-9,11-12,18H,6-7,10H2,1H3.